The summed E-state index contributed by atoms with van der Waals surface area (Å²) in [6.45, 7) is 12.3. The standard InChI is InChI=1S/C14H26N4O/c1-12-13(10-16-17(12)4)9-15-11-14(2,3)18-5-7-19-8-6-18/h10,15H,5-9,11H2,1-4H3. The first-order valence-corrected chi connectivity index (χ1v) is 7.02. The van der Waals surface area contributed by atoms with Gasteiger partial charge in [-0.3, -0.25) is 9.58 Å². The summed E-state index contributed by atoms with van der Waals surface area (Å²) in [5.74, 6) is 0. The number of morpholine rings is 1. The zero-order chi connectivity index (χ0) is 13.9. The number of ether oxygens (including phenoxy) is 1. The lowest BCUT2D eigenvalue weighted by Crippen LogP contribution is -2.54. The molecule has 19 heavy (non-hydrogen) atoms. The van der Waals surface area contributed by atoms with Crippen LogP contribution in [0, 0.1) is 6.92 Å². The largest absolute Gasteiger partial charge is 0.379 e. The zero-order valence-electron chi connectivity index (χ0n) is 12.6. The minimum Gasteiger partial charge on any atom is -0.379 e. The number of hydrogen-bond acceptors (Lipinski definition) is 4. The predicted octanol–water partition coefficient (Wildman–Crippen LogP) is 0.929. The summed E-state index contributed by atoms with van der Waals surface area (Å²) < 4.78 is 7.33. The third-order valence-corrected chi connectivity index (χ3v) is 4.08. The molecule has 2 rings (SSSR count). The van der Waals surface area contributed by atoms with E-state index in [-0.39, 0.29) is 5.54 Å². The number of rotatable bonds is 5. The van der Waals surface area contributed by atoms with Gasteiger partial charge in [0.05, 0.1) is 19.4 Å². The van der Waals surface area contributed by atoms with Gasteiger partial charge in [0.2, 0.25) is 0 Å². The lowest BCUT2D eigenvalue weighted by molar-refractivity contribution is -0.00967. The number of nitrogens with zero attached hydrogens (tertiary/aromatic N) is 3. The van der Waals surface area contributed by atoms with Gasteiger partial charge in [0.15, 0.2) is 0 Å². The summed E-state index contributed by atoms with van der Waals surface area (Å²) in [5.41, 5.74) is 2.68. The Hall–Kier alpha value is -0.910. The van der Waals surface area contributed by atoms with Gasteiger partial charge in [0.1, 0.15) is 0 Å². The molecule has 1 saturated heterocycles. The normalized spacial score (nSPS) is 17.9. The first kappa shape index (κ1) is 14.5. The van der Waals surface area contributed by atoms with Gasteiger partial charge in [0.25, 0.3) is 0 Å². The second kappa shape index (κ2) is 6.03. The van der Waals surface area contributed by atoms with Gasteiger partial charge < -0.3 is 10.1 Å². The van der Waals surface area contributed by atoms with E-state index in [1.165, 1.54) is 11.3 Å². The minimum absolute atomic E-state index is 0.167. The van der Waals surface area contributed by atoms with Crippen molar-refractivity contribution in [3.05, 3.63) is 17.5 Å². The molecule has 1 aromatic rings. The van der Waals surface area contributed by atoms with Crippen molar-refractivity contribution >= 4 is 0 Å². The smallest absolute Gasteiger partial charge is 0.0594 e. The Morgan fingerprint density at radius 1 is 1.37 bits per heavy atom. The van der Waals surface area contributed by atoms with Crippen molar-refractivity contribution in [3.63, 3.8) is 0 Å². The highest BCUT2D eigenvalue weighted by Crippen LogP contribution is 2.15. The molecule has 1 aliphatic rings. The Labute approximate surface area is 115 Å². The van der Waals surface area contributed by atoms with Crippen LogP contribution >= 0.6 is 0 Å². The molecule has 0 aliphatic carbocycles. The van der Waals surface area contributed by atoms with E-state index in [9.17, 15) is 0 Å². The van der Waals surface area contributed by atoms with E-state index in [2.05, 4.69) is 36.1 Å². The van der Waals surface area contributed by atoms with Gasteiger partial charge in [-0.15, -0.1) is 0 Å². The monoisotopic (exact) mass is 266 g/mol. The fourth-order valence-electron chi connectivity index (χ4n) is 2.50. The van der Waals surface area contributed by atoms with E-state index >= 15 is 0 Å². The van der Waals surface area contributed by atoms with E-state index < -0.39 is 0 Å². The lowest BCUT2D eigenvalue weighted by atomic mass is 10.0. The Bertz CT molecular complexity index is 408. The van der Waals surface area contributed by atoms with Gasteiger partial charge in [-0.05, 0) is 20.8 Å². The highest BCUT2D eigenvalue weighted by molar-refractivity contribution is 5.15. The molecule has 0 amide bonds. The average molecular weight is 266 g/mol. The summed E-state index contributed by atoms with van der Waals surface area (Å²) in [4.78, 5) is 2.50. The summed E-state index contributed by atoms with van der Waals surface area (Å²) in [5, 5.41) is 7.83. The van der Waals surface area contributed by atoms with Gasteiger partial charge in [-0.25, -0.2) is 0 Å². The molecular formula is C14H26N4O. The Balaban J connectivity index is 1.82. The van der Waals surface area contributed by atoms with E-state index in [0.29, 0.717) is 0 Å². The van der Waals surface area contributed by atoms with Crippen molar-refractivity contribution in [1.29, 1.82) is 0 Å². The topological polar surface area (TPSA) is 42.3 Å². The molecular weight excluding hydrogens is 240 g/mol. The van der Waals surface area contributed by atoms with Crippen molar-refractivity contribution in [2.75, 3.05) is 32.8 Å². The van der Waals surface area contributed by atoms with Crippen LogP contribution in [0.1, 0.15) is 25.1 Å². The van der Waals surface area contributed by atoms with Gasteiger partial charge in [-0.2, -0.15) is 5.10 Å². The number of aromatic nitrogens is 2. The van der Waals surface area contributed by atoms with Gasteiger partial charge >= 0.3 is 0 Å². The maximum Gasteiger partial charge on any atom is 0.0594 e. The zero-order valence-corrected chi connectivity index (χ0v) is 12.6. The fraction of sp³-hybridized carbons (Fsp3) is 0.786. The van der Waals surface area contributed by atoms with E-state index in [1.54, 1.807) is 0 Å². The molecule has 1 fully saturated rings. The van der Waals surface area contributed by atoms with Crippen molar-refractivity contribution < 1.29 is 4.74 Å². The van der Waals surface area contributed by atoms with Gasteiger partial charge in [0, 0.05) is 50.0 Å². The highest BCUT2D eigenvalue weighted by Gasteiger charge is 2.27. The Kier molecular flexibility index (Phi) is 4.60. The van der Waals surface area contributed by atoms with Crippen LogP contribution in [-0.2, 0) is 18.3 Å². The molecule has 1 aliphatic heterocycles. The Morgan fingerprint density at radius 3 is 2.63 bits per heavy atom. The summed E-state index contributed by atoms with van der Waals surface area (Å²) in [6.07, 6.45) is 1.95. The molecule has 108 valence electrons. The third-order valence-electron chi connectivity index (χ3n) is 4.08. The molecule has 5 nitrogen and oxygen atoms in total. The molecule has 0 atom stereocenters. The van der Waals surface area contributed by atoms with Crippen LogP contribution < -0.4 is 5.32 Å². The average Bonchev–Trinajstić information content (AvgIpc) is 2.72. The van der Waals surface area contributed by atoms with Crippen molar-refractivity contribution in [2.45, 2.75) is 32.9 Å². The molecule has 5 heteroatoms. The molecule has 0 unspecified atom stereocenters. The number of hydrogen-bond donors (Lipinski definition) is 1. The van der Waals surface area contributed by atoms with Crippen LogP contribution in [-0.4, -0.2) is 53.1 Å². The second-order valence-electron chi connectivity index (χ2n) is 5.89. The minimum atomic E-state index is 0.167. The van der Waals surface area contributed by atoms with Crippen LogP contribution in [0.25, 0.3) is 0 Å². The molecule has 0 radical (unpaired) electrons. The van der Waals surface area contributed by atoms with E-state index in [1.807, 2.05) is 17.9 Å². The van der Waals surface area contributed by atoms with Crippen LogP contribution in [0.15, 0.2) is 6.20 Å². The SMILES string of the molecule is Cc1c(CNCC(C)(C)N2CCOCC2)cnn1C. The van der Waals surface area contributed by atoms with Crippen LogP contribution in [0.2, 0.25) is 0 Å². The summed E-state index contributed by atoms with van der Waals surface area (Å²) in [7, 11) is 1.98. The van der Waals surface area contributed by atoms with E-state index in [0.717, 1.165) is 39.4 Å². The van der Waals surface area contributed by atoms with Crippen molar-refractivity contribution in [2.24, 2.45) is 7.05 Å². The Morgan fingerprint density at radius 2 is 2.05 bits per heavy atom. The molecule has 0 spiro atoms. The highest BCUT2D eigenvalue weighted by atomic mass is 16.5. The van der Waals surface area contributed by atoms with Crippen molar-refractivity contribution in [3.8, 4) is 0 Å². The molecule has 1 aromatic heterocycles. The first-order chi connectivity index (χ1) is 9.00. The number of nitrogens with one attached hydrogen (secondary N) is 1. The van der Waals surface area contributed by atoms with Crippen molar-refractivity contribution in [1.82, 2.24) is 20.0 Å². The van der Waals surface area contributed by atoms with Crippen LogP contribution in [0.5, 0.6) is 0 Å². The molecule has 2 heterocycles. The van der Waals surface area contributed by atoms with Crippen LogP contribution in [0.4, 0.5) is 0 Å². The predicted molar refractivity (Wildman–Crippen MR) is 76.1 cm³/mol. The first-order valence-electron chi connectivity index (χ1n) is 7.02. The molecule has 0 aromatic carbocycles. The maximum absolute atomic E-state index is 5.41. The number of aryl methyl sites for hydroxylation is 1. The lowest BCUT2D eigenvalue weighted by Gasteiger charge is -2.41. The van der Waals surface area contributed by atoms with E-state index in [4.69, 9.17) is 4.74 Å². The molecule has 1 N–H and O–H groups in total. The second-order valence-corrected chi connectivity index (χ2v) is 5.89. The summed E-state index contributed by atoms with van der Waals surface area (Å²) in [6, 6.07) is 0. The molecule has 0 saturated carbocycles. The third kappa shape index (κ3) is 3.55. The fourth-order valence-corrected chi connectivity index (χ4v) is 2.50. The quantitative estimate of drug-likeness (QED) is 0.861. The molecule has 0 bridgehead atoms. The maximum atomic E-state index is 5.41. The van der Waals surface area contributed by atoms with Gasteiger partial charge in [-0.1, -0.05) is 0 Å². The van der Waals surface area contributed by atoms with Crippen LogP contribution in [0.3, 0.4) is 0 Å². The summed E-state index contributed by atoms with van der Waals surface area (Å²) >= 11 is 0.